The molecule has 21 heavy (non-hydrogen) atoms. The first-order valence-corrected chi connectivity index (χ1v) is 8.02. The fraction of sp³-hybridized carbons (Fsp3) is 0.667. The van der Waals surface area contributed by atoms with Crippen molar-refractivity contribution in [3.05, 3.63) is 24.3 Å². The topological polar surface area (TPSA) is 44.5 Å². The van der Waals surface area contributed by atoms with E-state index < -0.39 is 0 Å². The third kappa shape index (κ3) is 3.91. The monoisotopic (exact) mass is 291 g/mol. The van der Waals surface area contributed by atoms with E-state index in [-0.39, 0.29) is 12.1 Å². The van der Waals surface area contributed by atoms with Crippen molar-refractivity contribution in [2.45, 2.75) is 58.6 Å². The van der Waals surface area contributed by atoms with Crippen LogP contribution in [-0.2, 0) is 0 Å². The number of ether oxygens (including phenoxy) is 2. The molecular weight excluding hydrogens is 262 g/mol. The van der Waals surface area contributed by atoms with Crippen LogP contribution in [0.15, 0.2) is 24.3 Å². The number of nitrogens with two attached hydrogens (primary N) is 1. The maximum atomic E-state index is 6.28. The van der Waals surface area contributed by atoms with Gasteiger partial charge in [-0.15, -0.1) is 0 Å². The van der Waals surface area contributed by atoms with E-state index in [9.17, 15) is 0 Å². The van der Waals surface area contributed by atoms with E-state index >= 15 is 0 Å². The molecule has 0 radical (unpaired) electrons. The van der Waals surface area contributed by atoms with E-state index in [1.165, 1.54) is 12.8 Å². The predicted molar refractivity (Wildman–Crippen MR) is 86.8 cm³/mol. The molecule has 1 saturated carbocycles. The molecule has 1 aromatic carbocycles. The lowest BCUT2D eigenvalue weighted by Gasteiger charge is -2.41. The molecule has 3 atom stereocenters. The Morgan fingerprint density at radius 3 is 2.33 bits per heavy atom. The molecular formula is C18H29NO2. The lowest BCUT2D eigenvalue weighted by Crippen LogP contribution is -2.46. The van der Waals surface area contributed by atoms with Crippen molar-refractivity contribution in [3.63, 3.8) is 0 Å². The normalized spacial score (nSPS) is 26.4. The average Bonchev–Trinajstić information content (AvgIpc) is 2.50. The number of hydrogen-bond donors (Lipinski definition) is 1. The lowest BCUT2D eigenvalue weighted by molar-refractivity contribution is 0.0502. The Bertz CT molecular complexity index is 441. The summed E-state index contributed by atoms with van der Waals surface area (Å²) < 4.78 is 11.3. The zero-order chi connectivity index (χ0) is 15.5. The molecule has 2 rings (SSSR count). The van der Waals surface area contributed by atoms with Crippen molar-refractivity contribution in [2.75, 3.05) is 7.11 Å². The highest BCUT2D eigenvalue weighted by Crippen LogP contribution is 2.41. The van der Waals surface area contributed by atoms with Crippen LogP contribution in [0.1, 0.15) is 46.5 Å². The van der Waals surface area contributed by atoms with Crippen molar-refractivity contribution in [1.82, 2.24) is 0 Å². The molecule has 0 bridgehead atoms. The van der Waals surface area contributed by atoms with E-state index in [0.717, 1.165) is 24.3 Å². The van der Waals surface area contributed by atoms with Gasteiger partial charge in [0.25, 0.3) is 0 Å². The molecule has 0 aliphatic heterocycles. The highest BCUT2D eigenvalue weighted by atomic mass is 16.5. The van der Waals surface area contributed by atoms with Gasteiger partial charge < -0.3 is 15.2 Å². The average molecular weight is 291 g/mol. The second-order valence-electron chi connectivity index (χ2n) is 6.85. The summed E-state index contributed by atoms with van der Waals surface area (Å²) in [7, 11) is 1.67. The Labute approximate surface area is 128 Å². The van der Waals surface area contributed by atoms with Gasteiger partial charge in [-0.2, -0.15) is 0 Å². The fourth-order valence-corrected chi connectivity index (χ4v) is 3.12. The largest absolute Gasteiger partial charge is 0.497 e. The summed E-state index contributed by atoms with van der Waals surface area (Å²) in [5.41, 5.74) is 6.64. The van der Waals surface area contributed by atoms with Gasteiger partial charge in [0, 0.05) is 6.04 Å². The molecule has 2 N–H and O–H groups in total. The highest BCUT2D eigenvalue weighted by Gasteiger charge is 2.36. The van der Waals surface area contributed by atoms with Crippen LogP contribution in [0.2, 0.25) is 0 Å². The summed E-state index contributed by atoms with van der Waals surface area (Å²) in [6.07, 6.45) is 4.62. The highest BCUT2D eigenvalue weighted by molar-refractivity contribution is 5.31. The van der Waals surface area contributed by atoms with Crippen LogP contribution in [-0.4, -0.2) is 19.3 Å². The Kier molecular flexibility index (Phi) is 5.15. The molecule has 3 unspecified atom stereocenters. The van der Waals surface area contributed by atoms with E-state index in [4.69, 9.17) is 15.2 Å². The summed E-state index contributed by atoms with van der Waals surface area (Å²) in [6, 6.07) is 7.91. The molecule has 1 aliphatic rings. The third-order valence-corrected chi connectivity index (χ3v) is 5.21. The van der Waals surface area contributed by atoms with Crippen molar-refractivity contribution in [2.24, 2.45) is 17.1 Å². The summed E-state index contributed by atoms with van der Waals surface area (Å²) in [5, 5.41) is 0. The minimum atomic E-state index is 0.114. The van der Waals surface area contributed by atoms with Crippen LogP contribution in [0.4, 0.5) is 0 Å². The van der Waals surface area contributed by atoms with Gasteiger partial charge in [0.2, 0.25) is 0 Å². The van der Waals surface area contributed by atoms with Crippen molar-refractivity contribution < 1.29 is 9.47 Å². The van der Waals surface area contributed by atoms with Crippen molar-refractivity contribution in [1.29, 1.82) is 0 Å². The molecule has 3 heteroatoms. The van der Waals surface area contributed by atoms with Crippen LogP contribution in [0, 0.1) is 11.3 Å². The second kappa shape index (κ2) is 6.69. The molecule has 0 heterocycles. The van der Waals surface area contributed by atoms with Crippen LogP contribution in [0.25, 0.3) is 0 Å². The second-order valence-corrected chi connectivity index (χ2v) is 6.85. The van der Waals surface area contributed by atoms with Gasteiger partial charge in [-0.05, 0) is 54.9 Å². The lowest BCUT2D eigenvalue weighted by atomic mass is 9.68. The van der Waals surface area contributed by atoms with E-state index in [1.807, 2.05) is 24.3 Å². The smallest absolute Gasteiger partial charge is 0.120 e. The first-order chi connectivity index (χ1) is 9.96. The molecule has 0 saturated heterocycles. The number of rotatable bonds is 5. The Morgan fingerprint density at radius 2 is 1.76 bits per heavy atom. The zero-order valence-corrected chi connectivity index (χ0v) is 13.8. The van der Waals surface area contributed by atoms with Gasteiger partial charge in [0.15, 0.2) is 0 Å². The summed E-state index contributed by atoms with van der Waals surface area (Å²) in [5.74, 6) is 2.41. The number of methoxy groups -OCH3 is 1. The van der Waals surface area contributed by atoms with E-state index in [2.05, 4.69) is 20.8 Å². The molecule has 3 nitrogen and oxygen atoms in total. The number of hydrogen-bond acceptors (Lipinski definition) is 3. The maximum absolute atomic E-state index is 6.28. The molecule has 118 valence electrons. The first-order valence-electron chi connectivity index (χ1n) is 8.02. The predicted octanol–water partition coefficient (Wildman–Crippen LogP) is 4.01. The van der Waals surface area contributed by atoms with Gasteiger partial charge in [0.1, 0.15) is 17.6 Å². The summed E-state index contributed by atoms with van der Waals surface area (Å²) in [4.78, 5) is 0. The van der Waals surface area contributed by atoms with E-state index in [0.29, 0.717) is 11.3 Å². The molecule has 0 aromatic heterocycles. The van der Waals surface area contributed by atoms with Crippen LogP contribution < -0.4 is 15.2 Å². The first kappa shape index (κ1) is 16.2. The molecule has 1 fully saturated rings. The quantitative estimate of drug-likeness (QED) is 0.891. The molecule has 1 aromatic rings. The van der Waals surface area contributed by atoms with Crippen molar-refractivity contribution >= 4 is 0 Å². The molecule has 0 amide bonds. The Morgan fingerprint density at radius 1 is 1.14 bits per heavy atom. The minimum Gasteiger partial charge on any atom is -0.497 e. The van der Waals surface area contributed by atoms with Crippen LogP contribution in [0.5, 0.6) is 11.5 Å². The van der Waals surface area contributed by atoms with Gasteiger partial charge in [-0.1, -0.05) is 27.2 Å². The van der Waals surface area contributed by atoms with Crippen LogP contribution >= 0.6 is 0 Å². The van der Waals surface area contributed by atoms with Gasteiger partial charge in [0.05, 0.1) is 7.11 Å². The van der Waals surface area contributed by atoms with Crippen LogP contribution in [0.3, 0.4) is 0 Å². The SMILES string of the molecule is CCC(C)(C)C1CCC(N)C(Oc2ccc(OC)cc2)C1. The van der Waals surface area contributed by atoms with Gasteiger partial charge in [-0.25, -0.2) is 0 Å². The maximum Gasteiger partial charge on any atom is 0.120 e. The standard InChI is InChI=1S/C18H29NO2/c1-5-18(2,3)13-6-11-16(19)17(12-13)21-15-9-7-14(20-4)8-10-15/h7-10,13,16-17H,5-6,11-12,19H2,1-4H3. The molecule has 1 aliphatic carbocycles. The van der Waals surface area contributed by atoms with Crippen molar-refractivity contribution in [3.8, 4) is 11.5 Å². The summed E-state index contributed by atoms with van der Waals surface area (Å²) >= 11 is 0. The number of benzene rings is 1. The Balaban J connectivity index is 2.03. The fourth-order valence-electron chi connectivity index (χ4n) is 3.12. The summed E-state index contributed by atoms with van der Waals surface area (Å²) in [6.45, 7) is 6.99. The Hall–Kier alpha value is -1.22. The third-order valence-electron chi connectivity index (χ3n) is 5.21. The molecule has 0 spiro atoms. The minimum absolute atomic E-state index is 0.114. The van der Waals surface area contributed by atoms with E-state index in [1.54, 1.807) is 7.11 Å². The van der Waals surface area contributed by atoms with Gasteiger partial charge >= 0.3 is 0 Å². The van der Waals surface area contributed by atoms with Gasteiger partial charge in [-0.3, -0.25) is 0 Å². The zero-order valence-electron chi connectivity index (χ0n) is 13.8.